The average Bonchev–Trinajstić information content (AvgIpc) is 2.29. The van der Waals surface area contributed by atoms with Gasteiger partial charge in [0.1, 0.15) is 0 Å². The molecule has 0 fully saturated rings. The van der Waals surface area contributed by atoms with Crippen molar-refractivity contribution in [3.63, 3.8) is 0 Å². The van der Waals surface area contributed by atoms with Crippen molar-refractivity contribution in [2.24, 2.45) is 0 Å². The highest BCUT2D eigenvalue weighted by Crippen LogP contribution is 2.21. The van der Waals surface area contributed by atoms with Crippen molar-refractivity contribution in [3.05, 3.63) is 41.4 Å². The SMILES string of the molecule is C=CCOCC(O)CSc1ccc(Br)cc1. The van der Waals surface area contributed by atoms with Gasteiger partial charge in [0.15, 0.2) is 0 Å². The Labute approximate surface area is 109 Å². The Hall–Kier alpha value is -0.290. The van der Waals surface area contributed by atoms with Gasteiger partial charge < -0.3 is 9.84 Å². The molecular weight excluding hydrogens is 288 g/mol. The van der Waals surface area contributed by atoms with Crippen LogP contribution in [0.4, 0.5) is 0 Å². The first kappa shape index (κ1) is 13.8. The topological polar surface area (TPSA) is 29.5 Å². The Balaban J connectivity index is 2.23. The van der Waals surface area contributed by atoms with E-state index in [1.165, 1.54) is 0 Å². The van der Waals surface area contributed by atoms with E-state index in [1.807, 2.05) is 24.3 Å². The van der Waals surface area contributed by atoms with Crippen molar-refractivity contribution in [3.8, 4) is 0 Å². The molecule has 4 heteroatoms. The van der Waals surface area contributed by atoms with E-state index in [-0.39, 0.29) is 0 Å². The molecule has 0 saturated heterocycles. The summed E-state index contributed by atoms with van der Waals surface area (Å²) in [5, 5.41) is 9.60. The average molecular weight is 303 g/mol. The second kappa shape index (κ2) is 7.90. The minimum Gasteiger partial charge on any atom is -0.390 e. The molecule has 1 rings (SSSR count). The number of halogens is 1. The zero-order chi connectivity index (χ0) is 11.8. The largest absolute Gasteiger partial charge is 0.390 e. The number of benzene rings is 1. The van der Waals surface area contributed by atoms with Gasteiger partial charge in [0.25, 0.3) is 0 Å². The third-order valence-corrected chi connectivity index (χ3v) is 3.49. The van der Waals surface area contributed by atoms with Crippen LogP contribution in [0.25, 0.3) is 0 Å². The molecule has 0 aliphatic heterocycles. The summed E-state index contributed by atoms with van der Waals surface area (Å²) in [6.45, 7) is 4.39. The summed E-state index contributed by atoms with van der Waals surface area (Å²) in [6.07, 6.45) is 1.24. The molecule has 1 aromatic rings. The molecular formula is C12H15BrO2S. The van der Waals surface area contributed by atoms with Crippen molar-refractivity contribution in [1.82, 2.24) is 0 Å². The highest BCUT2D eigenvalue weighted by molar-refractivity contribution is 9.10. The lowest BCUT2D eigenvalue weighted by atomic mass is 10.4. The number of ether oxygens (including phenoxy) is 1. The normalized spacial score (nSPS) is 12.4. The van der Waals surface area contributed by atoms with Crippen LogP contribution in [0.2, 0.25) is 0 Å². The molecule has 1 aromatic carbocycles. The van der Waals surface area contributed by atoms with Gasteiger partial charge in [-0.05, 0) is 24.3 Å². The number of thioether (sulfide) groups is 1. The smallest absolute Gasteiger partial charge is 0.0867 e. The lowest BCUT2D eigenvalue weighted by molar-refractivity contribution is 0.0625. The molecule has 0 saturated carbocycles. The maximum Gasteiger partial charge on any atom is 0.0867 e. The van der Waals surface area contributed by atoms with Crippen LogP contribution in [0.15, 0.2) is 46.3 Å². The van der Waals surface area contributed by atoms with Gasteiger partial charge in [-0.25, -0.2) is 0 Å². The predicted molar refractivity (Wildman–Crippen MR) is 71.9 cm³/mol. The van der Waals surface area contributed by atoms with Crippen molar-refractivity contribution < 1.29 is 9.84 Å². The summed E-state index contributed by atoms with van der Waals surface area (Å²) >= 11 is 5.00. The Morgan fingerprint density at radius 3 is 2.75 bits per heavy atom. The quantitative estimate of drug-likeness (QED) is 0.477. The molecule has 1 atom stereocenters. The molecule has 0 aliphatic rings. The second-order valence-electron chi connectivity index (χ2n) is 3.24. The van der Waals surface area contributed by atoms with E-state index in [4.69, 9.17) is 4.74 Å². The molecule has 1 unspecified atom stereocenters. The summed E-state index contributed by atoms with van der Waals surface area (Å²) in [6, 6.07) is 8.02. The molecule has 0 bridgehead atoms. The molecule has 0 heterocycles. The zero-order valence-electron chi connectivity index (χ0n) is 8.93. The monoisotopic (exact) mass is 302 g/mol. The van der Waals surface area contributed by atoms with Gasteiger partial charge in [-0.1, -0.05) is 22.0 Å². The molecule has 2 nitrogen and oxygen atoms in total. The van der Waals surface area contributed by atoms with E-state index in [9.17, 15) is 5.11 Å². The van der Waals surface area contributed by atoms with Crippen LogP contribution in [0, 0.1) is 0 Å². The fourth-order valence-electron chi connectivity index (χ4n) is 1.06. The third kappa shape index (κ3) is 5.70. The van der Waals surface area contributed by atoms with Gasteiger partial charge in [0.05, 0.1) is 19.3 Å². The highest BCUT2D eigenvalue weighted by Gasteiger charge is 2.04. The van der Waals surface area contributed by atoms with E-state index in [1.54, 1.807) is 17.8 Å². The summed E-state index contributed by atoms with van der Waals surface area (Å²) in [5.41, 5.74) is 0. The van der Waals surface area contributed by atoms with Gasteiger partial charge in [0, 0.05) is 15.1 Å². The van der Waals surface area contributed by atoms with Crippen LogP contribution in [0.5, 0.6) is 0 Å². The number of aliphatic hydroxyl groups is 1. The molecule has 16 heavy (non-hydrogen) atoms. The standard InChI is InChI=1S/C12H15BrO2S/c1-2-7-15-8-11(14)9-16-12-5-3-10(13)4-6-12/h2-6,11,14H,1,7-9H2. The Morgan fingerprint density at radius 1 is 1.44 bits per heavy atom. The zero-order valence-corrected chi connectivity index (χ0v) is 11.3. The number of rotatable bonds is 7. The first-order valence-corrected chi connectivity index (χ1v) is 6.75. The molecule has 1 N–H and O–H groups in total. The molecule has 0 aliphatic carbocycles. The second-order valence-corrected chi connectivity index (χ2v) is 5.25. The molecule has 88 valence electrons. The summed E-state index contributed by atoms with van der Waals surface area (Å²) < 4.78 is 6.23. The third-order valence-electron chi connectivity index (χ3n) is 1.80. The van der Waals surface area contributed by atoms with E-state index in [0.717, 1.165) is 9.37 Å². The van der Waals surface area contributed by atoms with E-state index in [0.29, 0.717) is 19.0 Å². The van der Waals surface area contributed by atoms with E-state index < -0.39 is 6.10 Å². The van der Waals surface area contributed by atoms with Crippen LogP contribution >= 0.6 is 27.7 Å². The summed E-state index contributed by atoms with van der Waals surface area (Å²) in [4.78, 5) is 1.14. The van der Waals surface area contributed by atoms with Gasteiger partial charge in [-0.2, -0.15) is 0 Å². The summed E-state index contributed by atoms with van der Waals surface area (Å²) in [5.74, 6) is 0.638. The lowest BCUT2D eigenvalue weighted by Gasteiger charge is -2.09. The van der Waals surface area contributed by atoms with Gasteiger partial charge in [-0.3, -0.25) is 0 Å². The van der Waals surface area contributed by atoms with E-state index >= 15 is 0 Å². The fourth-order valence-corrected chi connectivity index (χ4v) is 2.13. The van der Waals surface area contributed by atoms with Crippen molar-refractivity contribution in [2.45, 2.75) is 11.0 Å². The van der Waals surface area contributed by atoms with E-state index in [2.05, 4.69) is 22.5 Å². The predicted octanol–water partition coefficient (Wildman–Crippen LogP) is 3.10. The van der Waals surface area contributed by atoms with Crippen molar-refractivity contribution in [1.29, 1.82) is 0 Å². The van der Waals surface area contributed by atoms with Gasteiger partial charge >= 0.3 is 0 Å². The maximum atomic E-state index is 9.60. The lowest BCUT2D eigenvalue weighted by Crippen LogP contribution is -2.17. The van der Waals surface area contributed by atoms with Crippen LogP contribution in [0.3, 0.4) is 0 Å². The van der Waals surface area contributed by atoms with Crippen molar-refractivity contribution >= 4 is 27.7 Å². The molecule has 0 radical (unpaired) electrons. The molecule has 0 aromatic heterocycles. The molecule has 0 amide bonds. The van der Waals surface area contributed by atoms with Crippen LogP contribution < -0.4 is 0 Å². The van der Waals surface area contributed by atoms with Gasteiger partial charge in [-0.15, -0.1) is 18.3 Å². The maximum absolute atomic E-state index is 9.60. The Bertz CT molecular complexity index is 313. The fraction of sp³-hybridized carbons (Fsp3) is 0.333. The number of hydrogen-bond acceptors (Lipinski definition) is 3. The van der Waals surface area contributed by atoms with Crippen molar-refractivity contribution in [2.75, 3.05) is 19.0 Å². The van der Waals surface area contributed by atoms with Gasteiger partial charge in [0.2, 0.25) is 0 Å². The van der Waals surface area contributed by atoms with Crippen LogP contribution in [-0.4, -0.2) is 30.2 Å². The van der Waals surface area contributed by atoms with Crippen LogP contribution in [0.1, 0.15) is 0 Å². The highest BCUT2D eigenvalue weighted by atomic mass is 79.9. The summed E-state index contributed by atoms with van der Waals surface area (Å²) in [7, 11) is 0. The minimum absolute atomic E-state index is 0.357. The van der Waals surface area contributed by atoms with Crippen LogP contribution in [-0.2, 0) is 4.74 Å². The number of hydrogen-bond donors (Lipinski definition) is 1. The Kier molecular flexibility index (Phi) is 6.80. The number of aliphatic hydroxyl groups excluding tert-OH is 1. The minimum atomic E-state index is -0.436. The molecule has 0 spiro atoms. The first-order chi connectivity index (χ1) is 7.72. The Morgan fingerprint density at radius 2 is 2.12 bits per heavy atom. The first-order valence-electron chi connectivity index (χ1n) is 4.97.